The van der Waals surface area contributed by atoms with E-state index in [4.69, 9.17) is 9.47 Å². The molecule has 1 unspecified atom stereocenters. The maximum atomic E-state index is 13.2. The van der Waals surface area contributed by atoms with Crippen LogP contribution in [0, 0.1) is 5.82 Å². The molecule has 2 saturated heterocycles. The lowest BCUT2D eigenvalue weighted by Gasteiger charge is -2.35. The molecule has 0 spiro atoms. The first-order valence-corrected chi connectivity index (χ1v) is 9.40. The topological polar surface area (TPSA) is 66.9 Å². The summed E-state index contributed by atoms with van der Waals surface area (Å²) in [6, 6.07) is 9.44. The van der Waals surface area contributed by atoms with Gasteiger partial charge in [-0.15, -0.1) is 0 Å². The normalized spacial score (nSPS) is 20.1. The van der Waals surface area contributed by atoms with Crippen LogP contribution in [-0.4, -0.2) is 62.0 Å². The van der Waals surface area contributed by atoms with E-state index in [-0.39, 0.29) is 17.9 Å². The van der Waals surface area contributed by atoms with Crippen LogP contribution in [0.3, 0.4) is 0 Å². The van der Waals surface area contributed by atoms with E-state index in [0.717, 1.165) is 24.5 Å². The number of anilines is 2. The van der Waals surface area contributed by atoms with Crippen LogP contribution in [0.2, 0.25) is 0 Å². The van der Waals surface area contributed by atoms with E-state index in [0.29, 0.717) is 38.7 Å². The van der Waals surface area contributed by atoms with Crippen molar-refractivity contribution in [1.29, 1.82) is 0 Å². The number of benzene rings is 1. The first kappa shape index (κ1) is 18.6. The molecule has 2 aliphatic heterocycles. The van der Waals surface area contributed by atoms with Gasteiger partial charge in [-0.05, 0) is 29.8 Å². The Morgan fingerprint density at radius 2 is 1.79 bits per heavy atom. The van der Waals surface area contributed by atoms with E-state index in [1.807, 2.05) is 12.1 Å². The van der Waals surface area contributed by atoms with Crippen LogP contribution < -0.4 is 10.2 Å². The molecule has 7 nitrogen and oxygen atoms in total. The van der Waals surface area contributed by atoms with Crippen LogP contribution in [0.15, 0.2) is 42.6 Å². The molecule has 8 heteroatoms. The summed E-state index contributed by atoms with van der Waals surface area (Å²) in [6.07, 6.45) is 1.66. The zero-order chi connectivity index (χ0) is 19.3. The number of halogens is 1. The maximum absolute atomic E-state index is 13.2. The molecular formula is C20H23FN4O3. The summed E-state index contributed by atoms with van der Waals surface area (Å²) in [6.45, 7) is 4.33. The minimum Gasteiger partial charge on any atom is -0.378 e. The number of nitrogens with one attached hydrogen (secondary N) is 1. The van der Waals surface area contributed by atoms with Crippen LogP contribution in [0.4, 0.5) is 20.7 Å². The smallest absolute Gasteiger partial charge is 0.322 e. The van der Waals surface area contributed by atoms with E-state index in [9.17, 15) is 9.18 Å². The third-order valence-electron chi connectivity index (χ3n) is 4.98. The van der Waals surface area contributed by atoms with Crippen LogP contribution in [0.5, 0.6) is 0 Å². The van der Waals surface area contributed by atoms with Crippen molar-refractivity contribution in [2.24, 2.45) is 0 Å². The number of aromatic nitrogens is 1. The number of carbonyl (C=O) groups is 1. The molecule has 0 bridgehead atoms. The maximum Gasteiger partial charge on any atom is 0.322 e. The minimum absolute atomic E-state index is 0.224. The van der Waals surface area contributed by atoms with Gasteiger partial charge in [0, 0.05) is 19.6 Å². The van der Waals surface area contributed by atoms with Gasteiger partial charge in [-0.25, -0.2) is 14.2 Å². The standard InChI is InChI=1S/C20H23FN4O3/c21-16-3-1-15(2-4-16)18-14-28-12-9-25(18)20(26)23-17-5-6-19(22-13-17)24-7-10-27-11-8-24/h1-6,13,18H,7-12,14H2,(H,23,26). The predicted molar refractivity (Wildman–Crippen MR) is 103 cm³/mol. The second-order valence-corrected chi connectivity index (χ2v) is 6.77. The number of rotatable bonds is 3. The highest BCUT2D eigenvalue weighted by atomic mass is 19.1. The first-order valence-electron chi connectivity index (χ1n) is 9.40. The molecule has 2 aromatic rings. The van der Waals surface area contributed by atoms with Gasteiger partial charge in [0.1, 0.15) is 11.6 Å². The van der Waals surface area contributed by atoms with Gasteiger partial charge in [-0.3, -0.25) is 0 Å². The van der Waals surface area contributed by atoms with Crippen LogP contribution in [0.25, 0.3) is 0 Å². The Hall–Kier alpha value is -2.71. The Labute approximate surface area is 163 Å². The van der Waals surface area contributed by atoms with Crippen molar-refractivity contribution in [3.05, 3.63) is 54.0 Å². The van der Waals surface area contributed by atoms with E-state index in [1.165, 1.54) is 12.1 Å². The largest absolute Gasteiger partial charge is 0.378 e. The lowest BCUT2D eigenvalue weighted by Crippen LogP contribution is -2.45. The number of hydrogen-bond acceptors (Lipinski definition) is 5. The first-order chi connectivity index (χ1) is 13.7. The molecular weight excluding hydrogens is 363 g/mol. The lowest BCUT2D eigenvalue weighted by atomic mass is 10.1. The number of pyridine rings is 1. The molecule has 3 heterocycles. The lowest BCUT2D eigenvalue weighted by molar-refractivity contribution is 0.0147. The Balaban J connectivity index is 1.43. The van der Waals surface area contributed by atoms with Gasteiger partial charge >= 0.3 is 6.03 Å². The summed E-state index contributed by atoms with van der Waals surface area (Å²) in [7, 11) is 0. The highest BCUT2D eigenvalue weighted by Crippen LogP contribution is 2.25. The van der Waals surface area contributed by atoms with E-state index < -0.39 is 0 Å². The van der Waals surface area contributed by atoms with Crippen LogP contribution in [0.1, 0.15) is 11.6 Å². The summed E-state index contributed by atoms with van der Waals surface area (Å²) < 4.78 is 24.1. The molecule has 2 fully saturated rings. The van der Waals surface area contributed by atoms with Gasteiger partial charge in [0.05, 0.1) is 44.4 Å². The molecule has 148 valence electrons. The molecule has 4 rings (SSSR count). The molecule has 0 radical (unpaired) electrons. The number of morpholine rings is 2. The summed E-state index contributed by atoms with van der Waals surface area (Å²) in [4.78, 5) is 21.2. The summed E-state index contributed by atoms with van der Waals surface area (Å²) >= 11 is 0. The number of ether oxygens (including phenoxy) is 2. The Bertz CT molecular complexity index is 794. The Kier molecular flexibility index (Phi) is 5.68. The van der Waals surface area contributed by atoms with Crippen molar-refractivity contribution in [3.63, 3.8) is 0 Å². The molecule has 1 N–H and O–H groups in total. The second-order valence-electron chi connectivity index (χ2n) is 6.77. The average molecular weight is 386 g/mol. The van der Waals surface area contributed by atoms with Crippen LogP contribution in [-0.2, 0) is 9.47 Å². The average Bonchev–Trinajstić information content (AvgIpc) is 2.75. The molecule has 2 aliphatic rings. The highest BCUT2D eigenvalue weighted by Gasteiger charge is 2.29. The summed E-state index contributed by atoms with van der Waals surface area (Å²) in [5.74, 6) is 0.569. The van der Waals surface area contributed by atoms with Crippen molar-refractivity contribution < 1.29 is 18.7 Å². The van der Waals surface area contributed by atoms with E-state index >= 15 is 0 Å². The fourth-order valence-corrected chi connectivity index (χ4v) is 3.44. The second kappa shape index (κ2) is 8.53. The Morgan fingerprint density at radius 1 is 1.04 bits per heavy atom. The minimum atomic E-state index is -0.303. The van der Waals surface area contributed by atoms with Crippen molar-refractivity contribution in [2.45, 2.75) is 6.04 Å². The van der Waals surface area contributed by atoms with Crippen molar-refractivity contribution in [3.8, 4) is 0 Å². The predicted octanol–water partition coefficient (Wildman–Crippen LogP) is 2.66. The Morgan fingerprint density at radius 3 is 2.50 bits per heavy atom. The molecule has 0 aliphatic carbocycles. The highest BCUT2D eigenvalue weighted by molar-refractivity contribution is 5.89. The number of hydrogen-bond donors (Lipinski definition) is 1. The van der Waals surface area contributed by atoms with Crippen molar-refractivity contribution >= 4 is 17.5 Å². The molecule has 1 aromatic heterocycles. The molecule has 28 heavy (non-hydrogen) atoms. The third kappa shape index (κ3) is 4.23. The number of nitrogens with zero attached hydrogens (tertiary/aromatic N) is 3. The van der Waals surface area contributed by atoms with Crippen LogP contribution >= 0.6 is 0 Å². The molecule has 1 atom stereocenters. The molecule has 2 amide bonds. The fourth-order valence-electron chi connectivity index (χ4n) is 3.44. The van der Waals surface area contributed by atoms with Gasteiger partial charge in [0.15, 0.2) is 0 Å². The van der Waals surface area contributed by atoms with Crippen molar-refractivity contribution in [2.75, 3.05) is 56.3 Å². The van der Waals surface area contributed by atoms with Crippen molar-refractivity contribution in [1.82, 2.24) is 9.88 Å². The zero-order valence-electron chi connectivity index (χ0n) is 15.5. The van der Waals surface area contributed by atoms with E-state index in [2.05, 4.69) is 15.2 Å². The fraction of sp³-hybridized carbons (Fsp3) is 0.400. The molecule has 0 saturated carbocycles. The van der Waals surface area contributed by atoms with Gasteiger partial charge < -0.3 is 24.6 Å². The summed E-state index contributed by atoms with van der Waals surface area (Å²) in [5, 5.41) is 2.90. The van der Waals surface area contributed by atoms with Gasteiger partial charge in [0.25, 0.3) is 0 Å². The van der Waals surface area contributed by atoms with Gasteiger partial charge in [-0.1, -0.05) is 12.1 Å². The van der Waals surface area contributed by atoms with E-state index in [1.54, 1.807) is 23.2 Å². The SMILES string of the molecule is O=C(Nc1ccc(N2CCOCC2)nc1)N1CCOCC1c1ccc(F)cc1. The summed E-state index contributed by atoms with van der Waals surface area (Å²) in [5.41, 5.74) is 1.48. The number of urea groups is 1. The van der Waals surface area contributed by atoms with Gasteiger partial charge in [0.2, 0.25) is 0 Å². The number of amides is 2. The quantitative estimate of drug-likeness (QED) is 0.879. The molecule has 1 aromatic carbocycles. The number of carbonyl (C=O) groups excluding carboxylic acids is 1. The zero-order valence-corrected chi connectivity index (χ0v) is 15.5. The third-order valence-corrected chi connectivity index (χ3v) is 4.98. The van der Waals surface area contributed by atoms with Gasteiger partial charge in [-0.2, -0.15) is 0 Å². The monoisotopic (exact) mass is 386 g/mol.